The van der Waals surface area contributed by atoms with Gasteiger partial charge in [-0.3, -0.25) is 4.79 Å². The second-order valence-corrected chi connectivity index (χ2v) is 14.4. The van der Waals surface area contributed by atoms with Crippen molar-refractivity contribution in [2.24, 2.45) is 23.5 Å². The van der Waals surface area contributed by atoms with Gasteiger partial charge in [-0.1, -0.05) is 37.1 Å². The molecule has 4 unspecified atom stereocenters. The lowest BCUT2D eigenvalue weighted by molar-refractivity contribution is -0.138. The van der Waals surface area contributed by atoms with E-state index < -0.39 is 8.32 Å². The zero-order chi connectivity index (χ0) is 20.6. The number of nitrogens with two attached hydrogens (primary N) is 1. The lowest BCUT2D eigenvalue weighted by Gasteiger charge is -2.40. The molecule has 29 heavy (non-hydrogen) atoms. The minimum Gasteiger partial charge on any atom is -0.432 e. The lowest BCUT2D eigenvalue weighted by Crippen LogP contribution is -2.44. The van der Waals surface area contributed by atoms with E-state index in [2.05, 4.69) is 42.3 Å². The molecule has 3 fully saturated rings. The van der Waals surface area contributed by atoms with Crippen molar-refractivity contribution in [3.8, 4) is 0 Å². The van der Waals surface area contributed by atoms with Gasteiger partial charge in [0.1, 0.15) is 0 Å². The van der Waals surface area contributed by atoms with Crippen molar-refractivity contribution in [3.63, 3.8) is 0 Å². The van der Waals surface area contributed by atoms with Crippen LogP contribution in [0.15, 0.2) is 24.3 Å². The van der Waals surface area contributed by atoms with Crippen molar-refractivity contribution < 1.29 is 9.59 Å². The van der Waals surface area contributed by atoms with Crippen LogP contribution in [0.1, 0.15) is 62.0 Å². The first-order chi connectivity index (χ1) is 13.9. The highest BCUT2D eigenvalue weighted by Gasteiger charge is 2.47. The summed E-state index contributed by atoms with van der Waals surface area (Å²) in [6.45, 7) is 6.51. The highest BCUT2D eigenvalue weighted by molar-refractivity contribution is 6.71. The molecule has 1 heterocycles. The van der Waals surface area contributed by atoms with Crippen molar-refractivity contribution in [3.05, 3.63) is 35.4 Å². The maximum Gasteiger partial charge on any atom is 0.225 e. The lowest BCUT2D eigenvalue weighted by atomic mass is 9.77. The van der Waals surface area contributed by atoms with Gasteiger partial charge in [0.25, 0.3) is 0 Å². The van der Waals surface area contributed by atoms with E-state index in [1.165, 1.54) is 30.4 Å². The Hall–Kier alpha value is -1.17. The van der Waals surface area contributed by atoms with Gasteiger partial charge in [0.2, 0.25) is 5.91 Å². The standard InChI is InChI=1S/C24H38N2O2Si/c1-29(2,28)21-8-6-19-7-9-22(23(19)15-21)24(27)26-12-10-18(11-13-26)20-5-3-4-17(14-20)16-25/h3-5,14,18-19,21-23,28H,6-13,15-16,25H2,1-2H3. The molecule has 1 aliphatic heterocycles. The van der Waals surface area contributed by atoms with Gasteiger partial charge in [-0.25, -0.2) is 0 Å². The molecule has 1 aromatic rings. The molecule has 5 heteroatoms. The van der Waals surface area contributed by atoms with Gasteiger partial charge in [0.05, 0.1) is 0 Å². The van der Waals surface area contributed by atoms with Crippen LogP contribution in [0, 0.1) is 17.8 Å². The van der Waals surface area contributed by atoms with Crippen LogP contribution in [0.25, 0.3) is 0 Å². The first-order valence-electron chi connectivity index (χ1n) is 11.7. The average molecular weight is 415 g/mol. The predicted molar refractivity (Wildman–Crippen MR) is 120 cm³/mol. The molecule has 1 saturated heterocycles. The fourth-order valence-corrected chi connectivity index (χ4v) is 8.04. The van der Waals surface area contributed by atoms with E-state index >= 15 is 0 Å². The number of amides is 1. The molecule has 0 spiro atoms. The third kappa shape index (κ3) is 4.47. The molecular weight excluding hydrogens is 376 g/mol. The summed E-state index contributed by atoms with van der Waals surface area (Å²) in [6.07, 6.45) is 7.86. The van der Waals surface area contributed by atoms with E-state index in [9.17, 15) is 9.59 Å². The zero-order valence-electron chi connectivity index (χ0n) is 18.1. The summed E-state index contributed by atoms with van der Waals surface area (Å²) in [7, 11) is -2.11. The first-order valence-corrected chi connectivity index (χ1v) is 14.7. The summed E-state index contributed by atoms with van der Waals surface area (Å²) in [4.78, 5) is 26.2. The Balaban J connectivity index is 1.37. The molecule has 2 aliphatic carbocycles. The molecule has 0 radical (unpaired) electrons. The van der Waals surface area contributed by atoms with Crippen molar-refractivity contribution in [1.82, 2.24) is 4.90 Å². The van der Waals surface area contributed by atoms with Crippen LogP contribution in [0.5, 0.6) is 0 Å². The average Bonchev–Trinajstić information content (AvgIpc) is 3.16. The third-order valence-electron chi connectivity index (χ3n) is 8.19. The van der Waals surface area contributed by atoms with Gasteiger partial charge in [0, 0.05) is 25.6 Å². The number of hydrogen-bond acceptors (Lipinski definition) is 3. The topological polar surface area (TPSA) is 66.6 Å². The molecule has 160 valence electrons. The molecule has 3 aliphatic rings. The van der Waals surface area contributed by atoms with Gasteiger partial charge >= 0.3 is 0 Å². The van der Waals surface area contributed by atoms with Crippen molar-refractivity contribution in [2.45, 2.75) is 76.0 Å². The van der Waals surface area contributed by atoms with E-state index in [4.69, 9.17) is 5.73 Å². The summed E-state index contributed by atoms with van der Waals surface area (Å²) in [5, 5.41) is 0. The van der Waals surface area contributed by atoms with Crippen LogP contribution in [0.3, 0.4) is 0 Å². The maximum absolute atomic E-state index is 13.4. The van der Waals surface area contributed by atoms with Gasteiger partial charge in [0.15, 0.2) is 8.32 Å². The molecule has 4 rings (SSSR count). The first kappa shape index (κ1) is 21.1. The largest absolute Gasteiger partial charge is 0.432 e. The van der Waals surface area contributed by atoms with Crippen LogP contribution in [0.4, 0.5) is 0 Å². The number of fused-ring (bicyclic) bond motifs is 1. The second kappa shape index (κ2) is 8.52. The van der Waals surface area contributed by atoms with E-state index in [0.29, 0.717) is 35.7 Å². The van der Waals surface area contributed by atoms with Crippen molar-refractivity contribution in [2.75, 3.05) is 13.1 Å². The summed E-state index contributed by atoms with van der Waals surface area (Å²) < 4.78 is 0. The molecule has 1 aromatic carbocycles. The minimum atomic E-state index is -2.11. The fraction of sp³-hybridized carbons (Fsp3) is 0.708. The molecule has 2 saturated carbocycles. The SMILES string of the molecule is C[Si](C)(O)C1CCC2CCC(C(=O)N3CCC(c4cccc(CN)c4)CC3)C2C1. The number of benzene rings is 1. The molecule has 4 nitrogen and oxygen atoms in total. The molecule has 4 atom stereocenters. The monoisotopic (exact) mass is 414 g/mol. The third-order valence-corrected chi connectivity index (χ3v) is 10.7. The Morgan fingerprint density at radius 1 is 1.14 bits per heavy atom. The minimum absolute atomic E-state index is 0.205. The Morgan fingerprint density at radius 3 is 2.55 bits per heavy atom. The zero-order valence-corrected chi connectivity index (χ0v) is 19.1. The number of carbonyl (C=O) groups is 1. The maximum atomic E-state index is 13.4. The predicted octanol–water partition coefficient (Wildman–Crippen LogP) is 4.25. The van der Waals surface area contributed by atoms with E-state index in [1.54, 1.807) is 0 Å². The van der Waals surface area contributed by atoms with Gasteiger partial charge in [-0.15, -0.1) is 0 Å². The number of nitrogens with zero attached hydrogens (tertiary/aromatic N) is 1. The van der Waals surface area contributed by atoms with E-state index in [-0.39, 0.29) is 5.92 Å². The Bertz CT molecular complexity index is 724. The Morgan fingerprint density at radius 2 is 1.86 bits per heavy atom. The Labute approximate surface area is 177 Å². The summed E-state index contributed by atoms with van der Waals surface area (Å²) in [6, 6.07) is 8.66. The quantitative estimate of drug-likeness (QED) is 0.724. The number of carbonyl (C=O) groups excluding carboxylic acids is 1. The van der Waals surface area contributed by atoms with Gasteiger partial charge in [-0.05, 0) is 79.6 Å². The summed E-state index contributed by atoms with van der Waals surface area (Å²) >= 11 is 0. The number of piperidine rings is 1. The van der Waals surface area contributed by atoms with Crippen molar-refractivity contribution in [1.29, 1.82) is 0 Å². The molecule has 0 bridgehead atoms. The van der Waals surface area contributed by atoms with Crippen LogP contribution >= 0.6 is 0 Å². The fourth-order valence-electron chi connectivity index (χ4n) is 6.32. The van der Waals surface area contributed by atoms with E-state index in [0.717, 1.165) is 38.8 Å². The van der Waals surface area contributed by atoms with Crippen molar-refractivity contribution >= 4 is 14.2 Å². The van der Waals surface area contributed by atoms with Crippen LogP contribution in [-0.2, 0) is 11.3 Å². The highest BCUT2D eigenvalue weighted by atomic mass is 28.4. The van der Waals surface area contributed by atoms with Crippen LogP contribution in [0.2, 0.25) is 18.6 Å². The van der Waals surface area contributed by atoms with E-state index in [1.807, 2.05) is 0 Å². The number of hydrogen-bond donors (Lipinski definition) is 2. The van der Waals surface area contributed by atoms with Crippen LogP contribution < -0.4 is 5.73 Å². The summed E-state index contributed by atoms with van der Waals surface area (Å²) in [5.41, 5.74) is 8.85. The molecule has 0 aromatic heterocycles. The number of likely N-dealkylation sites (tertiary alicyclic amines) is 1. The Kier molecular flexibility index (Phi) is 6.19. The van der Waals surface area contributed by atoms with Gasteiger partial charge < -0.3 is 15.4 Å². The molecular formula is C24H38N2O2Si. The number of rotatable bonds is 4. The normalized spacial score (nSPS) is 31.0. The smallest absolute Gasteiger partial charge is 0.225 e. The van der Waals surface area contributed by atoms with Crippen LogP contribution in [-0.4, -0.2) is 37.0 Å². The second-order valence-electron chi connectivity index (χ2n) is 10.3. The molecule has 3 N–H and O–H groups in total. The highest BCUT2D eigenvalue weighted by Crippen LogP contribution is 2.52. The molecule has 1 amide bonds. The summed E-state index contributed by atoms with van der Waals surface area (Å²) in [5.74, 6) is 2.38. The van der Waals surface area contributed by atoms with Gasteiger partial charge in [-0.2, -0.15) is 0 Å².